The van der Waals surface area contributed by atoms with Crippen molar-refractivity contribution in [3.63, 3.8) is 0 Å². The van der Waals surface area contributed by atoms with E-state index in [1.54, 1.807) is 6.07 Å². The third-order valence-corrected chi connectivity index (χ3v) is 4.45. The first-order chi connectivity index (χ1) is 11.2. The molecule has 0 atom stereocenters. The number of aromatic amines is 1. The molecular formula is C15H18Cl2N4O3. The molecule has 0 spiro atoms. The van der Waals surface area contributed by atoms with E-state index < -0.39 is 17.2 Å². The average Bonchev–Trinajstić information content (AvgIpc) is 3.00. The summed E-state index contributed by atoms with van der Waals surface area (Å²) in [5.74, 6) is 0.674. The van der Waals surface area contributed by atoms with Crippen molar-refractivity contribution in [1.29, 1.82) is 0 Å². The lowest BCUT2D eigenvalue weighted by Crippen LogP contribution is -2.52. The normalized spacial score (nSPS) is 16.5. The molecule has 1 aliphatic rings. The molecule has 0 aromatic carbocycles. The van der Waals surface area contributed by atoms with E-state index in [2.05, 4.69) is 20.4 Å². The maximum atomic E-state index is 12.1. The highest BCUT2D eigenvalue weighted by Gasteiger charge is 2.45. The molecule has 9 heteroatoms. The zero-order chi connectivity index (χ0) is 17.5. The highest BCUT2D eigenvalue weighted by molar-refractivity contribution is 6.41. The summed E-state index contributed by atoms with van der Waals surface area (Å²) in [6, 6.07) is 1.61. The number of amides is 1. The van der Waals surface area contributed by atoms with Crippen LogP contribution in [-0.2, 0) is 10.3 Å². The Bertz CT molecular complexity index is 740. The van der Waals surface area contributed by atoms with Crippen molar-refractivity contribution in [2.75, 3.05) is 0 Å². The van der Waals surface area contributed by atoms with Crippen LogP contribution in [0.2, 0.25) is 10.2 Å². The van der Waals surface area contributed by atoms with Gasteiger partial charge in [0.2, 0.25) is 0 Å². The number of nitrogens with zero attached hydrogens (tertiary/aromatic N) is 2. The SMILES string of the molecule is CC(C)(C)OC(=O)NC1(c2noc(-c3cc(Cl)c(Cl)[nH]3)n2)CCC1. The lowest BCUT2D eigenvalue weighted by molar-refractivity contribution is 0.0362. The Morgan fingerprint density at radius 1 is 1.42 bits per heavy atom. The highest BCUT2D eigenvalue weighted by atomic mass is 35.5. The topological polar surface area (TPSA) is 93.0 Å². The van der Waals surface area contributed by atoms with Crippen LogP contribution in [0.3, 0.4) is 0 Å². The molecule has 1 saturated carbocycles. The number of aromatic nitrogens is 3. The van der Waals surface area contributed by atoms with Crippen molar-refractivity contribution in [3.05, 3.63) is 22.1 Å². The molecule has 7 nitrogen and oxygen atoms in total. The molecule has 130 valence electrons. The lowest BCUT2D eigenvalue weighted by atomic mass is 9.76. The van der Waals surface area contributed by atoms with Crippen molar-refractivity contribution in [2.24, 2.45) is 0 Å². The molecule has 2 aromatic heterocycles. The number of nitrogens with one attached hydrogen (secondary N) is 2. The number of hydrogen-bond acceptors (Lipinski definition) is 5. The summed E-state index contributed by atoms with van der Waals surface area (Å²) in [5.41, 5.74) is -0.713. The maximum Gasteiger partial charge on any atom is 0.408 e. The number of halogens is 2. The van der Waals surface area contributed by atoms with Crippen LogP contribution in [0.1, 0.15) is 45.9 Å². The van der Waals surface area contributed by atoms with Gasteiger partial charge in [0.05, 0.1) is 5.02 Å². The Labute approximate surface area is 149 Å². The fourth-order valence-electron chi connectivity index (χ4n) is 2.48. The smallest absolute Gasteiger partial charge is 0.408 e. The van der Waals surface area contributed by atoms with E-state index in [-0.39, 0.29) is 5.89 Å². The van der Waals surface area contributed by atoms with Gasteiger partial charge in [-0.15, -0.1) is 0 Å². The number of carbonyl (C=O) groups excluding carboxylic acids is 1. The predicted octanol–water partition coefficient (Wildman–Crippen LogP) is 4.28. The fourth-order valence-corrected chi connectivity index (χ4v) is 2.79. The first kappa shape index (κ1) is 17.1. The number of hydrogen-bond donors (Lipinski definition) is 2. The number of rotatable bonds is 3. The Balaban J connectivity index is 1.80. The van der Waals surface area contributed by atoms with Crippen molar-refractivity contribution in [2.45, 2.75) is 51.2 Å². The van der Waals surface area contributed by atoms with Gasteiger partial charge in [-0.3, -0.25) is 0 Å². The molecule has 1 fully saturated rings. The van der Waals surface area contributed by atoms with Gasteiger partial charge in [-0.25, -0.2) is 4.79 Å². The third-order valence-electron chi connectivity index (χ3n) is 3.76. The van der Waals surface area contributed by atoms with E-state index in [9.17, 15) is 4.79 Å². The third kappa shape index (κ3) is 3.37. The first-order valence-electron chi connectivity index (χ1n) is 7.58. The van der Waals surface area contributed by atoms with Gasteiger partial charge in [-0.1, -0.05) is 28.4 Å². The molecule has 0 unspecified atom stereocenters. The molecule has 2 aromatic rings. The van der Waals surface area contributed by atoms with E-state index in [1.807, 2.05) is 20.8 Å². The molecule has 2 heterocycles. The fraction of sp³-hybridized carbons (Fsp3) is 0.533. The van der Waals surface area contributed by atoms with Crippen molar-refractivity contribution < 1.29 is 14.1 Å². The van der Waals surface area contributed by atoms with Crippen molar-refractivity contribution in [3.8, 4) is 11.6 Å². The minimum absolute atomic E-state index is 0.260. The summed E-state index contributed by atoms with van der Waals surface area (Å²) in [7, 11) is 0. The summed E-state index contributed by atoms with van der Waals surface area (Å²) in [6.45, 7) is 5.43. The lowest BCUT2D eigenvalue weighted by Gasteiger charge is -2.39. The second kappa shape index (κ2) is 5.97. The van der Waals surface area contributed by atoms with Gasteiger partial charge in [0, 0.05) is 0 Å². The summed E-state index contributed by atoms with van der Waals surface area (Å²) < 4.78 is 10.6. The quantitative estimate of drug-likeness (QED) is 0.838. The zero-order valence-corrected chi connectivity index (χ0v) is 15.1. The standard InChI is InChI=1S/C15H18Cl2N4O3/c1-14(2,3)23-13(22)20-15(5-4-6-15)12-19-11(24-21-12)9-7-8(16)10(17)18-9/h7,18H,4-6H2,1-3H3,(H,20,22). The molecule has 2 N–H and O–H groups in total. The van der Waals surface area contributed by atoms with Crippen molar-refractivity contribution >= 4 is 29.3 Å². The summed E-state index contributed by atoms with van der Waals surface area (Å²) in [4.78, 5) is 19.3. The van der Waals surface area contributed by atoms with Gasteiger partial charge in [0.25, 0.3) is 5.89 Å². The van der Waals surface area contributed by atoms with Crippen molar-refractivity contribution in [1.82, 2.24) is 20.4 Å². The van der Waals surface area contributed by atoms with Crippen LogP contribution in [0.4, 0.5) is 4.79 Å². The van der Waals surface area contributed by atoms with Gasteiger partial charge in [-0.05, 0) is 46.1 Å². The number of alkyl carbamates (subject to hydrolysis) is 1. The first-order valence-corrected chi connectivity index (χ1v) is 8.34. The van der Waals surface area contributed by atoms with Crippen LogP contribution in [-0.4, -0.2) is 26.8 Å². The minimum Gasteiger partial charge on any atom is -0.444 e. The van der Waals surface area contributed by atoms with Gasteiger partial charge in [-0.2, -0.15) is 4.98 Å². The molecule has 1 amide bonds. The van der Waals surface area contributed by atoms with Gasteiger partial charge < -0.3 is 19.6 Å². The Morgan fingerprint density at radius 2 is 2.12 bits per heavy atom. The average molecular weight is 373 g/mol. The van der Waals surface area contributed by atoms with Crippen LogP contribution in [0.5, 0.6) is 0 Å². The van der Waals surface area contributed by atoms with Crippen LogP contribution >= 0.6 is 23.2 Å². The largest absolute Gasteiger partial charge is 0.444 e. The highest BCUT2D eigenvalue weighted by Crippen LogP contribution is 2.40. The number of H-pyrrole nitrogens is 1. The van der Waals surface area contributed by atoms with E-state index in [0.717, 1.165) is 19.3 Å². The summed E-state index contributed by atoms with van der Waals surface area (Å²) >= 11 is 11.8. The minimum atomic E-state index is -0.662. The zero-order valence-electron chi connectivity index (χ0n) is 13.6. The second-order valence-electron chi connectivity index (χ2n) is 6.83. The van der Waals surface area contributed by atoms with Crippen LogP contribution < -0.4 is 5.32 Å². The summed E-state index contributed by atoms with van der Waals surface area (Å²) in [5, 5.41) is 7.56. The molecule has 24 heavy (non-hydrogen) atoms. The van der Waals surface area contributed by atoms with E-state index in [4.69, 9.17) is 32.5 Å². The monoisotopic (exact) mass is 372 g/mol. The Morgan fingerprint density at radius 3 is 2.62 bits per heavy atom. The molecule has 1 aliphatic carbocycles. The maximum absolute atomic E-state index is 12.1. The van der Waals surface area contributed by atoms with Crippen LogP contribution in [0.25, 0.3) is 11.6 Å². The molecular weight excluding hydrogens is 355 g/mol. The second-order valence-corrected chi connectivity index (χ2v) is 7.62. The van der Waals surface area contributed by atoms with Gasteiger partial charge in [0.1, 0.15) is 22.0 Å². The molecule has 0 saturated heterocycles. The predicted molar refractivity (Wildman–Crippen MR) is 89.0 cm³/mol. The van der Waals surface area contributed by atoms with E-state index in [0.29, 0.717) is 21.7 Å². The van der Waals surface area contributed by atoms with Gasteiger partial charge in [0.15, 0.2) is 5.82 Å². The Hall–Kier alpha value is -1.73. The van der Waals surface area contributed by atoms with Crippen LogP contribution in [0, 0.1) is 0 Å². The molecule has 0 radical (unpaired) electrons. The Kier molecular flexibility index (Phi) is 4.25. The van der Waals surface area contributed by atoms with Gasteiger partial charge >= 0.3 is 6.09 Å². The molecule has 0 bridgehead atoms. The molecule has 0 aliphatic heterocycles. The number of ether oxygens (including phenoxy) is 1. The van der Waals surface area contributed by atoms with E-state index in [1.165, 1.54) is 0 Å². The number of carbonyl (C=O) groups is 1. The van der Waals surface area contributed by atoms with Crippen LogP contribution in [0.15, 0.2) is 10.6 Å². The summed E-state index contributed by atoms with van der Waals surface area (Å²) in [6.07, 6.45) is 1.90. The molecule has 3 rings (SSSR count). The van der Waals surface area contributed by atoms with E-state index >= 15 is 0 Å².